The summed E-state index contributed by atoms with van der Waals surface area (Å²) in [5.41, 5.74) is 0. The molecule has 9 nitrogen and oxygen atoms in total. The Morgan fingerprint density at radius 1 is 1.24 bits per heavy atom. The molecule has 0 aliphatic carbocycles. The smallest absolute Gasteiger partial charge is 0.331 e. The number of carbonyl (C=O) groups is 3. The number of carboxylic acid groups (broad SMARTS) is 1. The first-order valence-electron chi connectivity index (χ1n) is 6.59. The van der Waals surface area contributed by atoms with Crippen molar-refractivity contribution < 1.29 is 34.1 Å². The minimum atomic E-state index is -1.18. The molecule has 0 bridgehead atoms. The molecule has 0 saturated carbocycles. The van der Waals surface area contributed by atoms with E-state index >= 15 is 0 Å². The van der Waals surface area contributed by atoms with E-state index in [1.807, 2.05) is 0 Å². The van der Waals surface area contributed by atoms with Crippen LogP contribution in [0.4, 0.5) is 4.79 Å². The van der Waals surface area contributed by atoms with Crippen LogP contribution in [0.15, 0.2) is 0 Å². The van der Waals surface area contributed by atoms with Crippen LogP contribution in [-0.4, -0.2) is 89.6 Å². The van der Waals surface area contributed by atoms with Gasteiger partial charge in [-0.3, -0.25) is 0 Å². The van der Waals surface area contributed by atoms with Gasteiger partial charge in [0.25, 0.3) is 0 Å². The number of aliphatic hydroxyl groups is 1. The summed E-state index contributed by atoms with van der Waals surface area (Å²) in [6.07, 6.45) is -0.901. The molecule has 0 radical (unpaired) electrons. The van der Waals surface area contributed by atoms with E-state index in [9.17, 15) is 19.5 Å². The number of ether oxygens (including phenoxy) is 2. The summed E-state index contributed by atoms with van der Waals surface area (Å²) in [5, 5.41) is 18.7. The molecular formula is C12H18N2O7. The van der Waals surface area contributed by atoms with Crippen LogP contribution < -0.4 is 0 Å². The average molecular weight is 302 g/mol. The normalized spacial score (nSPS) is 29.3. The third-order valence-corrected chi connectivity index (χ3v) is 3.66. The fourth-order valence-electron chi connectivity index (χ4n) is 2.59. The van der Waals surface area contributed by atoms with Crippen LogP contribution in [-0.2, 0) is 19.1 Å². The van der Waals surface area contributed by atoms with Crippen LogP contribution in [0.25, 0.3) is 0 Å². The second-order valence-electron chi connectivity index (χ2n) is 4.99. The van der Waals surface area contributed by atoms with Gasteiger partial charge in [0, 0.05) is 19.5 Å². The van der Waals surface area contributed by atoms with Gasteiger partial charge in [-0.2, -0.15) is 0 Å². The Morgan fingerprint density at radius 3 is 2.57 bits per heavy atom. The molecule has 0 aromatic heterocycles. The van der Waals surface area contributed by atoms with Crippen molar-refractivity contribution in [3.05, 3.63) is 0 Å². The number of methoxy groups -OCH3 is 1. The molecule has 2 aliphatic rings. The summed E-state index contributed by atoms with van der Waals surface area (Å²) in [6.45, 7) is 0.360. The Hall–Kier alpha value is -1.87. The van der Waals surface area contributed by atoms with Crippen molar-refractivity contribution in [2.24, 2.45) is 0 Å². The quantitative estimate of drug-likeness (QED) is 0.596. The predicted molar refractivity (Wildman–Crippen MR) is 67.5 cm³/mol. The number of aliphatic carboxylic acids is 1. The van der Waals surface area contributed by atoms with E-state index < -0.39 is 36.2 Å². The van der Waals surface area contributed by atoms with Gasteiger partial charge in [0.1, 0.15) is 6.04 Å². The van der Waals surface area contributed by atoms with Crippen LogP contribution in [0.1, 0.15) is 6.42 Å². The summed E-state index contributed by atoms with van der Waals surface area (Å²) >= 11 is 0. The number of β-amino-alcohol motifs (C(OH)–C–C–N with tert-alkyl or cyclic N) is 1. The van der Waals surface area contributed by atoms with E-state index in [2.05, 4.69) is 4.74 Å². The number of amides is 2. The number of esters is 1. The molecule has 0 aromatic carbocycles. The number of morpholine rings is 1. The average Bonchev–Trinajstić information content (AvgIpc) is 2.88. The van der Waals surface area contributed by atoms with Crippen molar-refractivity contribution in [1.82, 2.24) is 9.80 Å². The van der Waals surface area contributed by atoms with E-state index in [0.29, 0.717) is 0 Å². The van der Waals surface area contributed by atoms with Gasteiger partial charge in [0.15, 0.2) is 6.04 Å². The molecular weight excluding hydrogens is 284 g/mol. The van der Waals surface area contributed by atoms with Gasteiger partial charge in [-0.05, 0) is 0 Å². The molecule has 2 saturated heterocycles. The monoisotopic (exact) mass is 302 g/mol. The number of hydrogen-bond donors (Lipinski definition) is 2. The van der Waals surface area contributed by atoms with Crippen molar-refractivity contribution in [2.45, 2.75) is 24.6 Å². The summed E-state index contributed by atoms with van der Waals surface area (Å²) in [6, 6.07) is -2.59. The van der Waals surface area contributed by atoms with Crippen molar-refractivity contribution in [3.8, 4) is 0 Å². The molecule has 2 amide bonds. The first-order chi connectivity index (χ1) is 9.95. The van der Waals surface area contributed by atoms with Gasteiger partial charge in [-0.1, -0.05) is 0 Å². The Bertz CT molecular complexity index is 441. The zero-order valence-corrected chi connectivity index (χ0v) is 11.6. The lowest BCUT2D eigenvalue weighted by atomic mass is 10.2. The Morgan fingerprint density at radius 2 is 1.95 bits per heavy atom. The summed E-state index contributed by atoms with van der Waals surface area (Å²) in [4.78, 5) is 37.7. The molecule has 2 N–H and O–H groups in total. The van der Waals surface area contributed by atoms with Crippen LogP contribution in [0, 0.1) is 0 Å². The lowest BCUT2D eigenvalue weighted by Gasteiger charge is -2.37. The summed E-state index contributed by atoms with van der Waals surface area (Å²) in [7, 11) is 1.21. The maximum Gasteiger partial charge on any atom is 0.331 e. The maximum absolute atomic E-state index is 12.5. The zero-order chi connectivity index (χ0) is 15.6. The highest BCUT2D eigenvalue weighted by Gasteiger charge is 2.44. The maximum atomic E-state index is 12.5. The summed E-state index contributed by atoms with van der Waals surface area (Å²) < 4.78 is 9.80. The Kier molecular flexibility index (Phi) is 4.63. The fraction of sp³-hybridized carbons (Fsp3) is 0.750. The molecule has 2 heterocycles. The first kappa shape index (κ1) is 15.5. The highest BCUT2D eigenvalue weighted by molar-refractivity contribution is 5.87. The van der Waals surface area contributed by atoms with Gasteiger partial charge in [0.05, 0.1) is 26.4 Å². The Labute approximate surface area is 121 Å². The first-order valence-corrected chi connectivity index (χ1v) is 6.59. The van der Waals surface area contributed by atoms with E-state index in [0.717, 1.165) is 4.90 Å². The fourth-order valence-corrected chi connectivity index (χ4v) is 2.59. The van der Waals surface area contributed by atoms with E-state index in [-0.39, 0.29) is 32.7 Å². The van der Waals surface area contributed by atoms with Crippen molar-refractivity contribution in [2.75, 3.05) is 33.4 Å². The van der Waals surface area contributed by atoms with Crippen LogP contribution in [0.3, 0.4) is 0 Å². The second kappa shape index (κ2) is 6.27. The largest absolute Gasteiger partial charge is 0.480 e. The number of likely N-dealkylation sites (tertiary alicyclic amines) is 1. The van der Waals surface area contributed by atoms with Gasteiger partial charge in [0.2, 0.25) is 0 Å². The van der Waals surface area contributed by atoms with Gasteiger partial charge < -0.3 is 29.5 Å². The Balaban J connectivity index is 2.16. The molecule has 9 heteroatoms. The molecule has 2 aliphatic heterocycles. The summed E-state index contributed by atoms with van der Waals surface area (Å²) in [5.74, 6) is -1.79. The highest BCUT2D eigenvalue weighted by Crippen LogP contribution is 2.22. The lowest BCUT2D eigenvalue weighted by Crippen LogP contribution is -2.58. The van der Waals surface area contributed by atoms with Crippen molar-refractivity contribution in [3.63, 3.8) is 0 Å². The molecule has 0 aromatic rings. The van der Waals surface area contributed by atoms with E-state index in [1.165, 1.54) is 12.0 Å². The van der Waals surface area contributed by atoms with E-state index in [1.54, 1.807) is 0 Å². The number of carboxylic acids is 1. The van der Waals surface area contributed by atoms with Crippen LogP contribution >= 0.6 is 0 Å². The zero-order valence-electron chi connectivity index (χ0n) is 11.6. The number of aliphatic hydroxyl groups excluding tert-OH is 1. The number of urea groups is 1. The topological polar surface area (TPSA) is 117 Å². The standard InChI is InChI=1S/C12H18N2O7/c1-20-11(18)9-6-21-3-2-13(9)12(19)14-5-7(15)4-8(14)10(16)17/h7-9,15H,2-6H2,1H3,(H,16,17)/t7-,8-,9?/m0/s1. The SMILES string of the molecule is COC(=O)C1COCCN1C(=O)N1C[C@@H](O)C[C@H]1C(=O)O. The molecule has 21 heavy (non-hydrogen) atoms. The molecule has 0 spiro atoms. The van der Waals surface area contributed by atoms with E-state index in [4.69, 9.17) is 9.84 Å². The molecule has 1 unspecified atom stereocenters. The van der Waals surface area contributed by atoms with Crippen molar-refractivity contribution >= 4 is 18.0 Å². The van der Waals surface area contributed by atoms with Gasteiger partial charge >= 0.3 is 18.0 Å². The lowest BCUT2D eigenvalue weighted by molar-refractivity contribution is -0.151. The minimum Gasteiger partial charge on any atom is -0.480 e. The highest BCUT2D eigenvalue weighted by atomic mass is 16.5. The van der Waals surface area contributed by atoms with Crippen molar-refractivity contribution in [1.29, 1.82) is 0 Å². The number of hydrogen-bond acceptors (Lipinski definition) is 6. The van der Waals surface area contributed by atoms with Crippen LogP contribution in [0.2, 0.25) is 0 Å². The minimum absolute atomic E-state index is 0.00649. The molecule has 2 rings (SSSR count). The predicted octanol–water partition coefficient (Wildman–Crippen LogP) is -1.50. The molecule has 3 atom stereocenters. The number of carbonyl (C=O) groups excluding carboxylic acids is 2. The number of rotatable bonds is 2. The third kappa shape index (κ3) is 3.08. The van der Waals surface area contributed by atoms with Gasteiger partial charge in [-0.25, -0.2) is 14.4 Å². The molecule has 118 valence electrons. The molecule has 2 fully saturated rings. The third-order valence-electron chi connectivity index (χ3n) is 3.66. The van der Waals surface area contributed by atoms with Crippen LogP contribution in [0.5, 0.6) is 0 Å². The van der Waals surface area contributed by atoms with Gasteiger partial charge in [-0.15, -0.1) is 0 Å². The number of nitrogens with zero attached hydrogens (tertiary/aromatic N) is 2. The second-order valence-corrected chi connectivity index (χ2v) is 4.99.